The third-order valence-corrected chi connectivity index (χ3v) is 3.09. The van der Waals surface area contributed by atoms with E-state index in [1.54, 1.807) is 0 Å². The van der Waals surface area contributed by atoms with Gasteiger partial charge in [0, 0.05) is 17.0 Å². The molecule has 1 N–H and O–H groups in total. The van der Waals surface area contributed by atoms with Crippen molar-refractivity contribution in [3.63, 3.8) is 0 Å². The molecule has 118 valence electrons. The molecule has 3 nitrogen and oxygen atoms in total. The van der Waals surface area contributed by atoms with E-state index in [0.29, 0.717) is 0 Å². The van der Waals surface area contributed by atoms with Crippen LogP contribution in [-0.2, 0) is 0 Å². The van der Waals surface area contributed by atoms with E-state index in [4.69, 9.17) is 5.11 Å². The number of carbonyl (C=O) groups is 1. The van der Waals surface area contributed by atoms with Crippen molar-refractivity contribution in [2.24, 2.45) is 0 Å². The van der Waals surface area contributed by atoms with Crippen LogP contribution in [0.3, 0.4) is 0 Å². The van der Waals surface area contributed by atoms with Gasteiger partial charge in [-0.25, -0.2) is 8.78 Å². The number of hydrogen-bond acceptors (Lipinski definition) is 3. The van der Waals surface area contributed by atoms with Crippen LogP contribution in [0.25, 0.3) is 0 Å². The molecular formula is C12H12F5NO2S. The van der Waals surface area contributed by atoms with Crippen molar-refractivity contribution >= 4 is 17.7 Å². The molecular weight excluding hydrogens is 317 g/mol. The van der Waals surface area contributed by atoms with Crippen molar-refractivity contribution in [3.8, 4) is 0 Å². The van der Waals surface area contributed by atoms with Crippen LogP contribution >= 0.6 is 11.8 Å². The molecule has 1 amide bonds. The molecule has 21 heavy (non-hydrogen) atoms. The fourth-order valence-corrected chi connectivity index (χ4v) is 2.08. The van der Waals surface area contributed by atoms with Crippen molar-refractivity contribution in [2.45, 2.75) is 16.8 Å². The molecule has 0 atom stereocenters. The van der Waals surface area contributed by atoms with Crippen LogP contribution in [0.4, 0.5) is 22.0 Å². The predicted octanol–water partition coefficient (Wildman–Crippen LogP) is 3.00. The average molecular weight is 329 g/mol. The molecule has 0 bridgehead atoms. The number of carbonyl (C=O) groups excluding carboxylic acids is 1. The van der Waals surface area contributed by atoms with Crippen LogP contribution in [0.1, 0.15) is 10.4 Å². The summed E-state index contributed by atoms with van der Waals surface area (Å²) in [4.78, 5) is 12.6. The van der Waals surface area contributed by atoms with Gasteiger partial charge in [0.1, 0.15) is 0 Å². The summed E-state index contributed by atoms with van der Waals surface area (Å²) in [6.07, 6.45) is -2.76. The molecule has 0 fully saturated rings. The van der Waals surface area contributed by atoms with Crippen LogP contribution in [0.5, 0.6) is 0 Å². The number of thioether (sulfide) groups is 1. The summed E-state index contributed by atoms with van der Waals surface area (Å²) < 4.78 is 61.1. The Morgan fingerprint density at radius 2 is 1.81 bits per heavy atom. The molecule has 1 aromatic carbocycles. The number of halogens is 5. The van der Waals surface area contributed by atoms with E-state index < -0.39 is 31.0 Å². The maximum absolute atomic E-state index is 12.3. The summed E-state index contributed by atoms with van der Waals surface area (Å²) >= 11 is -0.334. The van der Waals surface area contributed by atoms with E-state index in [-0.39, 0.29) is 28.8 Å². The number of benzene rings is 1. The molecule has 0 aliphatic heterocycles. The summed E-state index contributed by atoms with van der Waals surface area (Å²) in [6.45, 7) is -1.61. The first kappa shape index (κ1) is 17.7. The fraction of sp³-hybridized carbons (Fsp3) is 0.417. The Bertz CT molecular complexity index is 464. The number of nitrogens with zero attached hydrogens (tertiary/aromatic N) is 1. The lowest BCUT2D eigenvalue weighted by atomic mass is 10.2. The summed E-state index contributed by atoms with van der Waals surface area (Å²) in [7, 11) is 0. The van der Waals surface area contributed by atoms with Crippen LogP contribution < -0.4 is 0 Å². The largest absolute Gasteiger partial charge is 0.446 e. The minimum absolute atomic E-state index is 0.0179. The number of aliphatic hydroxyl groups is 1. The molecule has 0 radical (unpaired) electrons. The van der Waals surface area contributed by atoms with Gasteiger partial charge in [-0.3, -0.25) is 4.79 Å². The first-order valence-corrected chi connectivity index (χ1v) is 6.58. The lowest BCUT2D eigenvalue weighted by molar-refractivity contribution is -0.0328. The maximum Gasteiger partial charge on any atom is 0.446 e. The van der Waals surface area contributed by atoms with E-state index in [0.717, 1.165) is 29.2 Å². The quantitative estimate of drug-likeness (QED) is 0.644. The summed E-state index contributed by atoms with van der Waals surface area (Å²) in [5, 5.41) is 8.75. The van der Waals surface area contributed by atoms with Crippen molar-refractivity contribution in [1.29, 1.82) is 0 Å². The van der Waals surface area contributed by atoms with Crippen LogP contribution in [0.15, 0.2) is 29.2 Å². The van der Waals surface area contributed by atoms with Gasteiger partial charge in [-0.2, -0.15) is 13.2 Å². The van der Waals surface area contributed by atoms with Crippen molar-refractivity contribution in [2.75, 3.05) is 19.7 Å². The van der Waals surface area contributed by atoms with E-state index in [2.05, 4.69) is 0 Å². The topological polar surface area (TPSA) is 40.5 Å². The van der Waals surface area contributed by atoms with E-state index in [1.165, 1.54) is 0 Å². The van der Waals surface area contributed by atoms with E-state index in [1.807, 2.05) is 0 Å². The highest BCUT2D eigenvalue weighted by Gasteiger charge is 2.29. The van der Waals surface area contributed by atoms with Crippen LogP contribution in [0, 0.1) is 0 Å². The molecule has 0 saturated heterocycles. The average Bonchev–Trinajstić information content (AvgIpc) is 2.36. The Kier molecular flexibility index (Phi) is 6.41. The number of alkyl halides is 5. The highest BCUT2D eigenvalue weighted by molar-refractivity contribution is 8.00. The Labute approximate surface area is 121 Å². The summed E-state index contributed by atoms with van der Waals surface area (Å²) in [6, 6.07) is 4.44. The van der Waals surface area contributed by atoms with Gasteiger partial charge in [0.05, 0.1) is 13.2 Å². The molecule has 1 rings (SSSR count). The minimum atomic E-state index is -4.44. The van der Waals surface area contributed by atoms with Gasteiger partial charge in [0.15, 0.2) is 0 Å². The lowest BCUT2D eigenvalue weighted by Gasteiger charge is -2.21. The SMILES string of the molecule is O=C(c1ccc(SC(F)(F)F)cc1)N(CCO)CC(F)F. The Morgan fingerprint density at radius 1 is 1.24 bits per heavy atom. The smallest absolute Gasteiger partial charge is 0.395 e. The number of amides is 1. The van der Waals surface area contributed by atoms with Crippen molar-refractivity contribution < 1.29 is 31.9 Å². The normalized spacial score (nSPS) is 11.8. The van der Waals surface area contributed by atoms with Crippen LogP contribution in [-0.4, -0.2) is 47.5 Å². The zero-order valence-electron chi connectivity index (χ0n) is 10.6. The molecule has 0 heterocycles. The second-order valence-electron chi connectivity index (χ2n) is 3.94. The second kappa shape index (κ2) is 7.60. The molecule has 0 saturated carbocycles. The zero-order valence-corrected chi connectivity index (χ0v) is 11.4. The Morgan fingerprint density at radius 3 is 2.24 bits per heavy atom. The summed E-state index contributed by atoms with van der Waals surface area (Å²) in [5.41, 5.74) is -4.46. The van der Waals surface area contributed by atoms with Gasteiger partial charge in [-0.15, -0.1) is 0 Å². The molecule has 0 spiro atoms. The monoisotopic (exact) mass is 329 g/mol. The Balaban J connectivity index is 2.81. The standard InChI is InChI=1S/C12H12F5NO2S/c13-10(14)7-18(5-6-19)11(20)8-1-3-9(4-2-8)21-12(15,16)17/h1-4,10,19H,5-7H2. The zero-order chi connectivity index (χ0) is 16.0. The third kappa shape index (κ3) is 6.30. The van der Waals surface area contributed by atoms with Crippen molar-refractivity contribution in [3.05, 3.63) is 29.8 Å². The molecule has 0 aliphatic carbocycles. The number of aliphatic hydroxyl groups excluding tert-OH is 1. The van der Waals surface area contributed by atoms with Gasteiger partial charge >= 0.3 is 5.51 Å². The number of rotatable bonds is 6. The molecule has 0 aromatic heterocycles. The Hall–Kier alpha value is -1.35. The molecule has 1 aromatic rings. The second-order valence-corrected chi connectivity index (χ2v) is 5.08. The van der Waals surface area contributed by atoms with Gasteiger partial charge in [0.25, 0.3) is 12.3 Å². The number of hydrogen-bond donors (Lipinski definition) is 1. The first-order valence-electron chi connectivity index (χ1n) is 5.77. The fourth-order valence-electron chi connectivity index (χ4n) is 1.54. The molecule has 0 aliphatic rings. The van der Waals surface area contributed by atoms with Gasteiger partial charge in [-0.05, 0) is 36.0 Å². The third-order valence-electron chi connectivity index (χ3n) is 2.35. The highest BCUT2D eigenvalue weighted by Crippen LogP contribution is 2.36. The lowest BCUT2D eigenvalue weighted by Crippen LogP contribution is -2.37. The first-order chi connectivity index (χ1) is 9.73. The highest BCUT2D eigenvalue weighted by atomic mass is 32.2. The van der Waals surface area contributed by atoms with Crippen molar-refractivity contribution in [1.82, 2.24) is 4.90 Å². The predicted molar refractivity (Wildman–Crippen MR) is 67.3 cm³/mol. The van der Waals surface area contributed by atoms with Crippen LogP contribution in [0.2, 0.25) is 0 Å². The van der Waals surface area contributed by atoms with E-state index >= 15 is 0 Å². The van der Waals surface area contributed by atoms with Gasteiger partial charge in [-0.1, -0.05) is 0 Å². The summed E-state index contributed by atoms with van der Waals surface area (Å²) in [5.74, 6) is -0.770. The molecule has 0 unspecified atom stereocenters. The van der Waals surface area contributed by atoms with Gasteiger partial charge < -0.3 is 10.0 Å². The molecule has 9 heteroatoms. The van der Waals surface area contributed by atoms with E-state index in [9.17, 15) is 26.7 Å². The maximum atomic E-state index is 12.3. The minimum Gasteiger partial charge on any atom is -0.395 e. The van der Waals surface area contributed by atoms with Gasteiger partial charge in [0.2, 0.25) is 0 Å².